The summed E-state index contributed by atoms with van der Waals surface area (Å²) in [5.41, 5.74) is 3.51. The Labute approximate surface area is 277 Å². The molecule has 0 fully saturated rings. The van der Waals surface area contributed by atoms with E-state index in [-0.39, 0.29) is 22.5 Å². The number of hydrogen-bond acceptors (Lipinski definition) is 7. The van der Waals surface area contributed by atoms with Crippen molar-refractivity contribution in [3.63, 3.8) is 0 Å². The summed E-state index contributed by atoms with van der Waals surface area (Å²) in [6.07, 6.45) is 0. The first kappa shape index (κ1) is 30.6. The number of aromatic amines is 2. The van der Waals surface area contributed by atoms with E-state index in [4.69, 9.17) is 51.1 Å². The van der Waals surface area contributed by atoms with E-state index < -0.39 is 23.5 Å². The second kappa shape index (κ2) is 11.5. The summed E-state index contributed by atoms with van der Waals surface area (Å²) in [7, 11) is 0. The van der Waals surface area contributed by atoms with Crippen molar-refractivity contribution in [2.45, 2.75) is 20.8 Å². The summed E-state index contributed by atoms with van der Waals surface area (Å²) in [6.45, 7) is 4.51. The molecule has 6 aromatic rings. The van der Waals surface area contributed by atoms with Gasteiger partial charge in [0.15, 0.2) is 11.6 Å². The third kappa shape index (κ3) is 5.27. The lowest BCUT2D eigenvalue weighted by molar-refractivity contribution is 0.0386. The SMILES string of the molecule is CC(=O)c1c(C(=O)OC(=O)c2[nH]c3c(-c4cc(Cl)cc(Cl)c4)c(C)sc3c2C(C)=O)[nH]c2c(-c3cc(Cl)cc(Cl)c3)csc12. The molecule has 0 aliphatic rings. The highest BCUT2D eigenvalue weighted by molar-refractivity contribution is 7.20. The van der Waals surface area contributed by atoms with Crippen molar-refractivity contribution in [2.75, 3.05) is 0 Å². The number of nitrogens with one attached hydrogen (secondary N) is 2. The van der Waals surface area contributed by atoms with Crippen LogP contribution in [0.4, 0.5) is 0 Å². The topological polar surface area (TPSA) is 109 Å². The van der Waals surface area contributed by atoms with Gasteiger partial charge in [0.25, 0.3) is 0 Å². The number of hydrogen-bond donors (Lipinski definition) is 2. The quantitative estimate of drug-likeness (QED) is 0.102. The first-order valence-corrected chi connectivity index (χ1v) is 16.0. The fraction of sp³-hybridized carbons (Fsp3) is 0.0968. The summed E-state index contributed by atoms with van der Waals surface area (Å²) in [5.74, 6) is -2.96. The van der Waals surface area contributed by atoms with E-state index >= 15 is 0 Å². The van der Waals surface area contributed by atoms with Crippen LogP contribution >= 0.6 is 69.1 Å². The van der Waals surface area contributed by atoms with Gasteiger partial charge < -0.3 is 14.7 Å². The number of thiophene rings is 2. The second-order valence-electron chi connectivity index (χ2n) is 9.95. The maximum atomic E-state index is 13.5. The van der Waals surface area contributed by atoms with Crippen LogP contribution in [0.25, 0.3) is 42.7 Å². The fourth-order valence-electron chi connectivity index (χ4n) is 5.24. The molecule has 222 valence electrons. The minimum Gasteiger partial charge on any atom is -0.383 e. The van der Waals surface area contributed by atoms with Gasteiger partial charge in [-0.15, -0.1) is 22.7 Å². The molecule has 0 radical (unpaired) electrons. The van der Waals surface area contributed by atoms with Crippen LogP contribution in [-0.2, 0) is 4.74 Å². The van der Waals surface area contributed by atoms with E-state index in [9.17, 15) is 19.2 Å². The minimum absolute atomic E-state index is 0.0807. The zero-order valence-corrected chi connectivity index (χ0v) is 27.6. The average Bonchev–Trinajstić information content (AvgIpc) is 3.65. The van der Waals surface area contributed by atoms with Gasteiger partial charge in [-0.2, -0.15) is 0 Å². The van der Waals surface area contributed by atoms with E-state index in [1.165, 1.54) is 36.5 Å². The number of rotatable bonds is 6. The molecule has 0 saturated carbocycles. The molecule has 4 heterocycles. The smallest absolute Gasteiger partial charge is 0.363 e. The van der Waals surface area contributed by atoms with Crippen molar-refractivity contribution in [1.82, 2.24) is 9.97 Å². The Morgan fingerprint density at radius 1 is 0.682 bits per heavy atom. The highest BCUT2D eigenvalue weighted by Crippen LogP contribution is 2.43. The van der Waals surface area contributed by atoms with Gasteiger partial charge in [-0.05, 0) is 68.3 Å². The Morgan fingerprint density at radius 2 is 1.16 bits per heavy atom. The third-order valence-corrected chi connectivity index (χ3v) is 9.95. The summed E-state index contributed by atoms with van der Waals surface area (Å²) >= 11 is 27.4. The van der Waals surface area contributed by atoms with Gasteiger partial charge in [0.2, 0.25) is 0 Å². The lowest BCUT2D eigenvalue weighted by Gasteiger charge is -2.05. The zero-order valence-electron chi connectivity index (χ0n) is 22.9. The molecular formula is C31H18Cl4N2O5S2. The van der Waals surface area contributed by atoms with Crippen molar-refractivity contribution >= 4 is 113 Å². The molecule has 6 rings (SSSR count). The average molecular weight is 704 g/mol. The van der Waals surface area contributed by atoms with Gasteiger partial charge in [0.05, 0.1) is 31.6 Å². The first-order valence-electron chi connectivity index (χ1n) is 12.8. The van der Waals surface area contributed by atoms with Gasteiger partial charge in [-0.3, -0.25) is 9.59 Å². The maximum absolute atomic E-state index is 13.5. The number of Topliss-reactive ketones (excluding diaryl/α,β-unsaturated/α-hetero) is 2. The standard InChI is InChI=1S/C31H18Cl4N2O5S2/c1-11(38)21-26(36-24-20(10-43-28(21)24)14-4-16(32)8-17(33)5-14)30(40)42-31(41)27-22(12(2)39)29-25(37-27)23(13(3)44-29)15-6-18(34)9-19(35)7-15/h4-10,36-37H,1-3H3. The summed E-state index contributed by atoms with van der Waals surface area (Å²) < 4.78 is 6.31. The van der Waals surface area contributed by atoms with Crippen molar-refractivity contribution in [2.24, 2.45) is 0 Å². The van der Waals surface area contributed by atoms with Crippen LogP contribution in [0.15, 0.2) is 41.8 Å². The number of fused-ring (bicyclic) bond motifs is 2. The summed E-state index contributed by atoms with van der Waals surface area (Å²) in [4.78, 5) is 59.3. The van der Waals surface area contributed by atoms with E-state index in [2.05, 4.69) is 9.97 Å². The fourth-order valence-corrected chi connectivity index (χ4v) is 8.66. The Hall–Kier alpha value is -3.44. The van der Waals surface area contributed by atoms with Crippen LogP contribution < -0.4 is 0 Å². The summed E-state index contributed by atoms with van der Waals surface area (Å²) in [5, 5.41) is 3.48. The highest BCUT2D eigenvalue weighted by Gasteiger charge is 2.31. The lowest BCUT2D eigenvalue weighted by atomic mass is 10.1. The van der Waals surface area contributed by atoms with E-state index in [1.807, 2.05) is 12.3 Å². The Morgan fingerprint density at radius 3 is 1.68 bits per heavy atom. The van der Waals surface area contributed by atoms with Crippen LogP contribution in [0, 0.1) is 6.92 Å². The number of H-pyrrole nitrogens is 2. The van der Waals surface area contributed by atoms with Gasteiger partial charge in [-0.1, -0.05) is 46.4 Å². The van der Waals surface area contributed by atoms with Gasteiger partial charge in [0, 0.05) is 41.5 Å². The monoisotopic (exact) mass is 702 g/mol. The largest absolute Gasteiger partial charge is 0.383 e. The van der Waals surface area contributed by atoms with Crippen molar-refractivity contribution in [3.8, 4) is 22.3 Å². The van der Waals surface area contributed by atoms with E-state index in [1.54, 1.807) is 36.4 Å². The van der Waals surface area contributed by atoms with E-state index in [0.717, 1.165) is 4.88 Å². The maximum Gasteiger partial charge on any atom is 0.363 e. The molecule has 0 aliphatic carbocycles. The zero-order chi connectivity index (χ0) is 31.6. The van der Waals surface area contributed by atoms with Crippen LogP contribution in [-0.4, -0.2) is 33.5 Å². The molecule has 7 nitrogen and oxygen atoms in total. The molecule has 2 N–H and O–H groups in total. The van der Waals surface area contributed by atoms with Crippen molar-refractivity contribution in [1.29, 1.82) is 0 Å². The second-order valence-corrected chi connectivity index (χ2v) is 13.8. The van der Waals surface area contributed by atoms with Crippen LogP contribution in [0.2, 0.25) is 20.1 Å². The van der Waals surface area contributed by atoms with E-state index in [0.29, 0.717) is 62.8 Å². The molecule has 13 heteroatoms. The molecule has 0 saturated heterocycles. The highest BCUT2D eigenvalue weighted by atomic mass is 35.5. The number of halogens is 4. The molecular weight excluding hydrogens is 686 g/mol. The van der Waals surface area contributed by atoms with Gasteiger partial charge in [-0.25, -0.2) is 9.59 Å². The normalized spacial score (nSPS) is 11.4. The van der Waals surface area contributed by atoms with Gasteiger partial charge in [0.1, 0.15) is 11.4 Å². The molecule has 0 spiro atoms. The predicted molar refractivity (Wildman–Crippen MR) is 178 cm³/mol. The van der Waals surface area contributed by atoms with Crippen LogP contribution in [0.3, 0.4) is 0 Å². The number of ether oxygens (including phenoxy) is 1. The Kier molecular flexibility index (Phi) is 7.98. The Balaban J connectivity index is 1.41. The Bertz CT molecular complexity index is 2180. The molecule has 2 aromatic carbocycles. The molecule has 0 aliphatic heterocycles. The molecule has 0 atom stereocenters. The lowest BCUT2D eigenvalue weighted by Crippen LogP contribution is -2.17. The van der Waals surface area contributed by atoms with Crippen LogP contribution in [0.5, 0.6) is 0 Å². The summed E-state index contributed by atoms with van der Waals surface area (Å²) in [6, 6.07) is 10.1. The molecule has 0 amide bonds. The molecule has 0 bridgehead atoms. The number of carbonyl (C=O) groups excluding carboxylic acids is 4. The van der Waals surface area contributed by atoms with Crippen molar-refractivity contribution in [3.05, 3.63) is 89.3 Å². The first-order chi connectivity index (χ1) is 20.8. The number of benzene rings is 2. The molecule has 0 unspecified atom stereocenters. The van der Waals surface area contributed by atoms with Crippen molar-refractivity contribution < 1.29 is 23.9 Å². The molecule has 44 heavy (non-hydrogen) atoms. The van der Waals surface area contributed by atoms with Gasteiger partial charge >= 0.3 is 11.9 Å². The number of carbonyl (C=O) groups is 4. The van der Waals surface area contributed by atoms with Crippen LogP contribution in [0.1, 0.15) is 60.4 Å². The number of ketones is 2. The third-order valence-electron chi connectivity index (χ3n) is 6.95. The number of esters is 2. The minimum atomic E-state index is -1.08. The predicted octanol–water partition coefficient (Wildman–Crippen LogP) is 10.4. The molecule has 4 aromatic heterocycles. The number of aromatic nitrogens is 2. The number of aryl methyl sites for hydroxylation is 1.